The minimum absolute atomic E-state index is 0.0678. The first kappa shape index (κ1) is 14.2. The lowest BCUT2D eigenvalue weighted by Gasteiger charge is -2.19. The van der Waals surface area contributed by atoms with E-state index in [-0.39, 0.29) is 11.2 Å². The molecule has 1 aromatic carbocycles. The molecule has 110 valence electrons. The molecule has 0 spiro atoms. The van der Waals surface area contributed by atoms with Gasteiger partial charge in [0, 0.05) is 6.54 Å². The number of methoxy groups -OCH3 is 1. The van der Waals surface area contributed by atoms with Crippen molar-refractivity contribution in [2.45, 2.75) is 16.0 Å². The maximum Gasteiger partial charge on any atom is 0.240 e. The number of rotatable bonds is 4. The number of ether oxygens (including phenoxy) is 1. The zero-order valence-corrected chi connectivity index (χ0v) is 13.0. The lowest BCUT2D eigenvalue weighted by molar-refractivity contribution is -0.116. The topological polar surface area (TPSA) is 81.3 Å². The van der Waals surface area contributed by atoms with Crippen molar-refractivity contribution < 1.29 is 9.53 Å². The Hall–Kier alpha value is -1.80. The third-order valence-corrected chi connectivity index (χ3v) is 5.29. The summed E-state index contributed by atoms with van der Waals surface area (Å²) in [5, 5.41) is 8.00. The highest BCUT2D eigenvalue weighted by molar-refractivity contribution is 8.02. The Morgan fingerprint density at radius 2 is 2.24 bits per heavy atom. The quantitative estimate of drug-likeness (QED) is 0.927. The van der Waals surface area contributed by atoms with Gasteiger partial charge in [-0.3, -0.25) is 4.79 Å². The second-order valence-corrected chi connectivity index (χ2v) is 6.92. The van der Waals surface area contributed by atoms with Gasteiger partial charge in [-0.15, -0.1) is 10.2 Å². The molecule has 3 rings (SSSR count). The van der Waals surface area contributed by atoms with Gasteiger partial charge in [0.2, 0.25) is 11.0 Å². The number of hydrogen-bond donors (Lipinski definition) is 1. The van der Waals surface area contributed by atoms with Crippen LogP contribution in [0, 0.1) is 0 Å². The Bertz CT molecular complexity index is 661. The van der Waals surface area contributed by atoms with E-state index in [1.807, 2.05) is 24.3 Å². The Kier molecular flexibility index (Phi) is 3.98. The average Bonchev–Trinajstić information content (AvgIpc) is 3.06. The average molecular weight is 322 g/mol. The van der Waals surface area contributed by atoms with E-state index in [2.05, 4.69) is 10.2 Å². The van der Waals surface area contributed by atoms with Crippen LogP contribution in [-0.2, 0) is 4.79 Å². The third kappa shape index (κ3) is 2.81. The Balaban J connectivity index is 1.77. The molecular weight excluding hydrogens is 308 g/mol. The normalized spacial score (nSPS) is 18.2. The number of thioether (sulfide) groups is 1. The predicted molar refractivity (Wildman–Crippen MR) is 83.9 cm³/mol. The van der Waals surface area contributed by atoms with Crippen LogP contribution in [0.2, 0.25) is 0 Å². The largest absolute Gasteiger partial charge is 0.495 e. The first-order valence-electron chi connectivity index (χ1n) is 6.39. The van der Waals surface area contributed by atoms with Gasteiger partial charge in [0.1, 0.15) is 5.75 Å². The first-order chi connectivity index (χ1) is 10.2. The highest BCUT2D eigenvalue weighted by Gasteiger charge is 2.35. The highest BCUT2D eigenvalue weighted by Crippen LogP contribution is 2.37. The predicted octanol–water partition coefficient (Wildman–Crippen LogP) is 2.03. The van der Waals surface area contributed by atoms with Gasteiger partial charge in [0.05, 0.1) is 18.0 Å². The first-order valence-corrected chi connectivity index (χ1v) is 8.08. The molecule has 6 nitrogen and oxygen atoms in total. The van der Waals surface area contributed by atoms with E-state index in [0.29, 0.717) is 17.4 Å². The van der Waals surface area contributed by atoms with Crippen LogP contribution >= 0.6 is 23.1 Å². The molecule has 2 aromatic rings. The fourth-order valence-electron chi connectivity index (χ4n) is 2.24. The second-order valence-electron chi connectivity index (χ2n) is 4.46. The van der Waals surface area contributed by atoms with Gasteiger partial charge in [-0.05, 0) is 18.6 Å². The van der Waals surface area contributed by atoms with Crippen molar-refractivity contribution in [1.29, 1.82) is 0 Å². The zero-order chi connectivity index (χ0) is 14.8. The number of hydrogen-bond acceptors (Lipinski definition) is 7. The van der Waals surface area contributed by atoms with Gasteiger partial charge in [-0.1, -0.05) is 35.2 Å². The fourth-order valence-corrected chi connectivity index (χ4v) is 4.17. The van der Waals surface area contributed by atoms with Gasteiger partial charge in [0.15, 0.2) is 4.34 Å². The second kappa shape index (κ2) is 5.90. The highest BCUT2D eigenvalue weighted by atomic mass is 32.2. The number of nitrogens with two attached hydrogens (primary N) is 1. The molecule has 0 unspecified atom stereocenters. The van der Waals surface area contributed by atoms with Crippen molar-refractivity contribution >= 4 is 39.8 Å². The van der Waals surface area contributed by atoms with Crippen LogP contribution in [0.3, 0.4) is 0 Å². The van der Waals surface area contributed by atoms with E-state index < -0.39 is 0 Å². The lowest BCUT2D eigenvalue weighted by Crippen LogP contribution is -2.28. The smallest absolute Gasteiger partial charge is 0.240 e. The van der Waals surface area contributed by atoms with Crippen molar-refractivity contribution in [2.24, 2.45) is 0 Å². The fraction of sp³-hybridized carbons (Fsp3) is 0.308. The number of carbonyl (C=O) groups excluding carboxylic acids is 1. The molecule has 1 amide bonds. The number of benzene rings is 1. The summed E-state index contributed by atoms with van der Waals surface area (Å²) in [7, 11) is 1.61. The van der Waals surface area contributed by atoms with E-state index in [4.69, 9.17) is 10.5 Å². The molecule has 0 bridgehead atoms. The number of aromatic nitrogens is 2. The summed E-state index contributed by atoms with van der Waals surface area (Å²) in [6.45, 7) is 0.672. The molecule has 8 heteroatoms. The molecule has 1 aliphatic heterocycles. The number of nitrogen functional groups attached to an aromatic ring is 1. The summed E-state index contributed by atoms with van der Waals surface area (Å²) in [4.78, 5) is 14.3. The van der Waals surface area contributed by atoms with Crippen LogP contribution in [-0.4, -0.2) is 35.0 Å². The molecule has 2 heterocycles. The van der Waals surface area contributed by atoms with Crippen LogP contribution in [0.5, 0.6) is 5.75 Å². The van der Waals surface area contributed by atoms with Crippen LogP contribution in [0.15, 0.2) is 28.6 Å². The Morgan fingerprint density at radius 1 is 1.43 bits per heavy atom. The summed E-state index contributed by atoms with van der Waals surface area (Å²) in [5.41, 5.74) is 6.37. The minimum atomic E-state index is -0.151. The monoisotopic (exact) mass is 322 g/mol. The standard InChI is InChI=1S/C13H14N4O2S2/c1-19-9-5-3-2-4-8(9)17-7-6-10(11(17)18)20-13-16-15-12(14)21-13/h2-5,10H,6-7H2,1H3,(H2,14,15)/t10-/m0/s1. The van der Waals surface area contributed by atoms with Crippen LogP contribution in [0.1, 0.15) is 6.42 Å². The van der Waals surface area contributed by atoms with Gasteiger partial charge in [-0.2, -0.15) is 0 Å². The molecule has 0 aliphatic carbocycles. The van der Waals surface area contributed by atoms with Gasteiger partial charge < -0.3 is 15.4 Å². The molecule has 1 aromatic heterocycles. The maximum absolute atomic E-state index is 12.6. The maximum atomic E-state index is 12.6. The molecule has 1 aliphatic rings. The third-order valence-electron chi connectivity index (χ3n) is 3.20. The van der Waals surface area contributed by atoms with Crippen molar-refractivity contribution in [3.8, 4) is 5.75 Å². The molecule has 0 saturated carbocycles. The number of anilines is 2. The van der Waals surface area contributed by atoms with E-state index in [1.165, 1.54) is 23.1 Å². The number of carbonyl (C=O) groups is 1. The summed E-state index contributed by atoms with van der Waals surface area (Å²) in [6, 6.07) is 7.54. The van der Waals surface area contributed by atoms with Crippen LogP contribution < -0.4 is 15.4 Å². The molecule has 21 heavy (non-hydrogen) atoms. The molecule has 2 N–H and O–H groups in total. The summed E-state index contributed by atoms with van der Waals surface area (Å²) < 4.78 is 6.05. The van der Waals surface area contributed by atoms with Crippen LogP contribution in [0.4, 0.5) is 10.8 Å². The van der Waals surface area contributed by atoms with Crippen molar-refractivity contribution in [1.82, 2.24) is 10.2 Å². The summed E-state index contributed by atoms with van der Waals surface area (Å²) in [5.74, 6) is 0.773. The van der Waals surface area contributed by atoms with E-state index in [9.17, 15) is 4.79 Å². The van der Waals surface area contributed by atoms with Crippen LogP contribution in [0.25, 0.3) is 0 Å². The van der Waals surface area contributed by atoms with Gasteiger partial charge in [0.25, 0.3) is 0 Å². The van der Waals surface area contributed by atoms with E-state index in [1.54, 1.807) is 12.0 Å². The Labute approximate surface area is 130 Å². The molecule has 1 fully saturated rings. The van der Waals surface area contributed by atoms with Gasteiger partial charge in [-0.25, -0.2) is 0 Å². The number of amides is 1. The zero-order valence-electron chi connectivity index (χ0n) is 11.4. The molecule has 1 saturated heterocycles. The summed E-state index contributed by atoms with van der Waals surface area (Å²) in [6.07, 6.45) is 0.765. The molecular formula is C13H14N4O2S2. The molecule has 0 radical (unpaired) electrons. The molecule has 1 atom stereocenters. The number of para-hydroxylation sites is 2. The summed E-state index contributed by atoms with van der Waals surface area (Å²) >= 11 is 2.73. The van der Waals surface area contributed by atoms with E-state index >= 15 is 0 Å². The SMILES string of the molecule is COc1ccccc1N1CC[C@H](Sc2nnc(N)s2)C1=O. The van der Waals surface area contributed by atoms with Crippen molar-refractivity contribution in [2.75, 3.05) is 24.3 Å². The number of nitrogens with zero attached hydrogens (tertiary/aromatic N) is 3. The Morgan fingerprint density at radius 3 is 2.95 bits per heavy atom. The van der Waals surface area contributed by atoms with Gasteiger partial charge >= 0.3 is 0 Å². The van der Waals surface area contributed by atoms with Crippen molar-refractivity contribution in [3.63, 3.8) is 0 Å². The minimum Gasteiger partial charge on any atom is -0.495 e. The van der Waals surface area contributed by atoms with Crippen molar-refractivity contribution in [3.05, 3.63) is 24.3 Å². The lowest BCUT2D eigenvalue weighted by atomic mass is 10.2. The van der Waals surface area contributed by atoms with E-state index in [0.717, 1.165) is 16.4 Å².